The van der Waals surface area contributed by atoms with Gasteiger partial charge in [-0.1, -0.05) is 15.9 Å². The minimum atomic E-state index is -0.400. The Labute approximate surface area is 101 Å². The zero-order valence-corrected chi connectivity index (χ0v) is 10.4. The van der Waals surface area contributed by atoms with Crippen LogP contribution in [0.5, 0.6) is 0 Å². The summed E-state index contributed by atoms with van der Waals surface area (Å²) in [5, 5.41) is 3.26. The number of H-pyrrole nitrogens is 1. The van der Waals surface area contributed by atoms with Crippen molar-refractivity contribution in [3.05, 3.63) is 34.2 Å². The SMILES string of the molecule is COCC(CBr)NC(=O)c1c[nH]ccc1=O. The summed E-state index contributed by atoms with van der Waals surface area (Å²) in [6.07, 6.45) is 2.87. The highest BCUT2D eigenvalue weighted by atomic mass is 79.9. The molecular formula is C10H13BrN2O3. The van der Waals surface area contributed by atoms with Gasteiger partial charge in [-0.2, -0.15) is 0 Å². The third kappa shape index (κ3) is 3.46. The van der Waals surface area contributed by atoms with Gasteiger partial charge in [0.25, 0.3) is 5.91 Å². The van der Waals surface area contributed by atoms with E-state index >= 15 is 0 Å². The van der Waals surface area contributed by atoms with E-state index < -0.39 is 5.91 Å². The Bertz CT molecular complexity index is 405. The molecule has 0 fully saturated rings. The predicted octanol–water partition coefficient (Wildman–Crippen LogP) is 0.515. The Morgan fingerprint density at radius 3 is 3.00 bits per heavy atom. The van der Waals surface area contributed by atoms with Gasteiger partial charge in [0, 0.05) is 30.9 Å². The molecular weight excluding hydrogens is 276 g/mol. The van der Waals surface area contributed by atoms with Crippen LogP contribution in [0.1, 0.15) is 10.4 Å². The van der Waals surface area contributed by atoms with Crippen LogP contribution in [0, 0.1) is 0 Å². The van der Waals surface area contributed by atoms with Crippen molar-refractivity contribution in [2.24, 2.45) is 0 Å². The number of halogens is 1. The number of alkyl halides is 1. The summed E-state index contributed by atoms with van der Waals surface area (Å²) in [4.78, 5) is 25.8. The summed E-state index contributed by atoms with van der Waals surface area (Å²) in [5.74, 6) is -0.400. The molecule has 0 aromatic carbocycles. The van der Waals surface area contributed by atoms with Gasteiger partial charge < -0.3 is 15.0 Å². The van der Waals surface area contributed by atoms with Gasteiger partial charge in [0.2, 0.25) is 0 Å². The molecule has 1 atom stereocenters. The third-order valence-corrected chi connectivity index (χ3v) is 2.74. The van der Waals surface area contributed by atoms with E-state index in [-0.39, 0.29) is 17.0 Å². The van der Waals surface area contributed by atoms with Gasteiger partial charge in [0.15, 0.2) is 5.43 Å². The van der Waals surface area contributed by atoms with Crippen LogP contribution in [0.4, 0.5) is 0 Å². The second-order valence-corrected chi connectivity index (χ2v) is 3.85. The zero-order valence-electron chi connectivity index (χ0n) is 8.83. The molecule has 1 heterocycles. The Hall–Kier alpha value is -1.14. The molecule has 88 valence electrons. The van der Waals surface area contributed by atoms with Gasteiger partial charge in [-0.05, 0) is 0 Å². The van der Waals surface area contributed by atoms with Gasteiger partial charge in [-0.15, -0.1) is 0 Å². The maximum absolute atomic E-state index is 11.7. The lowest BCUT2D eigenvalue weighted by Crippen LogP contribution is -2.40. The van der Waals surface area contributed by atoms with Crippen molar-refractivity contribution >= 4 is 21.8 Å². The molecule has 0 radical (unpaired) electrons. The summed E-state index contributed by atoms with van der Waals surface area (Å²) in [7, 11) is 1.55. The van der Waals surface area contributed by atoms with Crippen LogP contribution in [0.15, 0.2) is 23.3 Å². The van der Waals surface area contributed by atoms with Gasteiger partial charge >= 0.3 is 0 Å². The number of amides is 1. The number of methoxy groups -OCH3 is 1. The fourth-order valence-corrected chi connectivity index (χ4v) is 1.53. The minimum absolute atomic E-state index is 0.101. The molecule has 5 nitrogen and oxygen atoms in total. The Kier molecular flexibility index (Phi) is 5.21. The first-order valence-corrected chi connectivity index (χ1v) is 5.84. The smallest absolute Gasteiger partial charge is 0.257 e. The average molecular weight is 289 g/mol. The predicted molar refractivity (Wildman–Crippen MR) is 64.0 cm³/mol. The second-order valence-electron chi connectivity index (χ2n) is 3.20. The van der Waals surface area contributed by atoms with Crippen molar-refractivity contribution in [2.75, 3.05) is 19.0 Å². The Morgan fingerprint density at radius 2 is 2.44 bits per heavy atom. The molecule has 0 saturated heterocycles. The summed E-state index contributed by atoms with van der Waals surface area (Å²) in [5.41, 5.74) is -0.202. The highest BCUT2D eigenvalue weighted by Gasteiger charge is 2.14. The van der Waals surface area contributed by atoms with Gasteiger partial charge in [0.1, 0.15) is 5.56 Å². The van der Waals surface area contributed by atoms with Crippen LogP contribution >= 0.6 is 15.9 Å². The maximum Gasteiger partial charge on any atom is 0.257 e. The fourth-order valence-electron chi connectivity index (χ4n) is 1.18. The number of pyridine rings is 1. The summed E-state index contributed by atoms with van der Waals surface area (Å²) < 4.78 is 4.93. The number of aromatic amines is 1. The minimum Gasteiger partial charge on any atom is -0.383 e. The molecule has 1 aromatic heterocycles. The van der Waals surface area contributed by atoms with Gasteiger partial charge in [-0.25, -0.2) is 0 Å². The quantitative estimate of drug-likeness (QED) is 0.776. The summed E-state index contributed by atoms with van der Waals surface area (Å²) >= 11 is 3.26. The lowest BCUT2D eigenvalue weighted by molar-refractivity contribution is 0.0906. The van der Waals surface area contributed by atoms with E-state index in [9.17, 15) is 9.59 Å². The Balaban J connectivity index is 2.72. The number of rotatable bonds is 5. The molecule has 1 rings (SSSR count). The van der Waals surface area contributed by atoms with E-state index in [2.05, 4.69) is 26.2 Å². The number of hydrogen-bond donors (Lipinski definition) is 2. The van der Waals surface area contributed by atoms with Crippen LogP contribution in [0.2, 0.25) is 0 Å². The van der Waals surface area contributed by atoms with Crippen molar-refractivity contribution in [1.29, 1.82) is 0 Å². The topological polar surface area (TPSA) is 71.2 Å². The fraction of sp³-hybridized carbons (Fsp3) is 0.400. The van der Waals surface area contributed by atoms with Crippen LogP contribution in [0.3, 0.4) is 0 Å². The van der Waals surface area contributed by atoms with Crippen molar-refractivity contribution < 1.29 is 9.53 Å². The maximum atomic E-state index is 11.7. The van der Waals surface area contributed by atoms with E-state index in [0.29, 0.717) is 11.9 Å². The van der Waals surface area contributed by atoms with E-state index in [1.54, 1.807) is 7.11 Å². The third-order valence-electron chi connectivity index (χ3n) is 1.96. The molecule has 0 aliphatic carbocycles. The molecule has 2 N–H and O–H groups in total. The van der Waals surface area contributed by atoms with Gasteiger partial charge in [-0.3, -0.25) is 9.59 Å². The molecule has 1 amide bonds. The number of nitrogens with one attached hydrogen (secondary N) is 2. The highest BCUT2D eigenvalue weighted by molar-refractivity contribution is 9.09. The van der Waals surface area contributed by atoms with Crippen molar-refractivity contribution in [3.63, 3.8) is 0 Å². The van der Waals surface area contributed by atoms with E-state index in [1.807, 2.05) is 0 Å². The normalized spacial score (nSPS) is 12.1. The van der Waals surface area contributed by atoms with E-state index in [0.717, 1.165) is 0 Å². The van der Waals surface area contributed by atoms with Crippen LogP contribution in [-0.2, 0) is 4.74 Å². The molecule has 1 aromatic rings. The molecule has 0 aliphatic rings. The number of ether oxygens (including phenoxy) is 1. The van der Waals surface area contributed by atoms with Gasteiger partial charge in [0.05, 0.1) is 12.6 Å². The number of carbonyl (C=O) groups excluding carboxylic acids is 1. The first-order valence-electron chi connectivity index (χ1n) is 4.72. The van der Waals surface area contributed by atoms with Crippen LogP contribution in [-0.4, -0.2) is 36.0 Å². The van der Waals surface area contributed by atoms with Crippen LogP contribution < -0.4 is 10.7 Å². The van der Waals surface area contributed by atoms with Crippen LogP contribution in [0.25, 0.3) is 0 Å². The lowest BCUT2D eigenvalue weighted by Gasteiger charge is -2.14. The summed E-state index contributed by atoms with van der Waals surface area (Å²) in [6, 6.07) is 1.16. The first kappa shape index (κ1) is 12.9. The Morgan fingerprint density at radius 1 is 1.69 bits per heavy atom. The molecule has 6 heteroatoms. The molecule has 0 aliphatic heterocycles. The number of carbonyl (C=O) groups is 1. The largest absolute Gasteiger partial charge is 0.383 e. The standard InChI is InChI=1S/C10H13BrN2O3/c1-16-6-7(4-11)13-10(15)8-5-12-3-2-9(8)14/h2-3,5,7H,4,6H2,1H3,(H,12,14)(H,13,15). The lowest BCUT2D eigenvalue weighted by atomic mass is 10.2. The van der Waals surface area contributed by atoms with Crippen molar-refractivity contribution in [3.8, 4) is 0 Å². The molecule has 0 spiro atoms. The summed E-state index contributed by atoms with van der Waals surface area (Å²) in [6.45, 7) is 0.391. The van der Waals surface area contributed by atoms with Crippen molar-refractivity contribution in [1.82, 2.24) is 10.3 Å². The molecule has 0 saturated carbocycles. The molecule has 0 bridgehead atoms. The zero-order chi connectivity index (χ0) is 12.0. The molecule has 1 unspecified atom stereocenters. The van der Waals surface area contributed by atoms with E-state index in [4.69, 9.17) is 4.74 Å². The van der Waals surface area contributed by atoms with Crippen molar-refractivity contribution in [2.45, 2.75) is 6.04 Å². The first-order chi connectivity index (χ1) is 7.69. The number of aromatic nitrogens is 1. The molecule has 16 heavy (non-hydrogen) atoms. The van der Waals surface area contributed by atoms with E-state index in [1.165, 1.54) is 18.5 Å². The monoisotopic (exact) mass is 288 g/mol. The average Bonchev–Trinajstić information content (AvgIpc) is 2.28. The highest BCUT2D eigenvalue weighted by Crippen LogP contribution is 1.95. The number of hydrogen-bond acceptors (Lipinski definition) is 3. The second kappa shape index (κ2) is 6.44.